The molecule has 3 nitrogen and oxygen atoms in total. The van der Waals surface area contributed by atoms with Crippen molar-refractivity contribution in [2.45, 2.75) is 6.92 Å². The minimum absolute atomic E-state index is 0.0567. The molecule has 0 aliphatic rings. The van der Waals surface area contributed by atoms with Gasteiger partial charge in [0.1, 0.15) is 10.7 Å². The molecule has 19 heavy (non-hydrogen) atoms. The first-order valence-corrected chi connectivity index (χ1v) is 7.41. The molecular formula is C14H10N2OS2. The van der Waals surface area contributed by atoms with E-state index in [1.807, 2.05) is 29.6 Å². The van der Waals surface area contributed by atoms with Gasteiger partial charge in [-0.3, -0.25) is 9.78 Å². The molecule has 0 bridgehead atoms. The number of hydrogen-bond acceptors (Lipinski definition) is 5. The molecule has 0 spiro atoms. The number of hydrogen-bond donors (Lipinski definition) is 0. The summed E-state index contributed by atoms with van der Waals surface area (Å²) < 4.78 is 0. The molecule has 0 saturated heterocycles. The third kappa shape index (κ3) is 2.34. The fourth-order valence-corrected chi connectivity index (χ4v) is 3.52. The zero-order valence-corrected chi connectivity index (χ0v) is 11.8. The van der Waals surface area contributed by atoms with Gasteiger partial charge in [0.2, 0.25) is 0 Å². The lowest BCUT2D eigenvalue weighted by Gasteiger charge is -1.93. The third-order valence-corrected chi connectivity index (χ3v) is 4.71. The summed E-state index contributed by atoms with van der Waals surface area (Å²) in [5, 5.41) is 2.85. The van der Waals surface area contributed by atoms with Crippen LogP contribution >= 0.6 is 22.7 Å². The average molecular weight is 286 g/mol. The second kappa shape index (κ2) is 5.03. The molecule has 5 heteroatoms. The predicted molar refractivity (Wildman–Crippen MR) is 78.7 cm³/mol. The van der Waals surface area contributed by atoms with Crippen molar-refractivity contribution in [2.75, 3.05) is 0 Å². The Morgan fingerprint density at radius 1 is 1.21 bits per heavy atom. The molecule has 0 aromatic carbocycles. The maximum atomic E-state index is 11.8. The van der Waals surface area contributed by atoms with Crippen molar-refractivity contribution in [3.63, 3.8) is 0 Å². The Morgan fingerprint density at radius 2 is 2.00 bits per heavy atom. The zero-order chi connectivity index (χ0) is 13.2. The number of pyridine rings is 1. The summed E-state index contributed by atoms with van der Waals surface area (Å²) in [6.45, 7) is 1.58. The number of thiophene rings is 1. The molecule has 0 aliphatic heterocycles. The smallest absolute Gasteiger partial charge is 0.172 e. The third-order valence-electron chi connectivity index (χ3n) is 2.63. The fourth-order valence-electron chi connectivity index (χ4n) is 1.76. The maximum absolute atomic E-state index is 11.8. The number of rotatable bonds is 3. The van der Waals surface area contributed by atoms with Crippen molar-refractivity contribution in [1.82, 2.24) is 9.97 Å². The zero-order valence-electron chi connectivity index (χ0n) is 10.2. The molecule has 94 valence electrons. The number of thiazole rings is 1. The number of aromatic nitrogens is 2. The highest BCUT2D eigenvalue weighted by atomic mass is 32.1. The van der Waals surface area contributed by atoms with E-state index in [2.05, 4.69) is 9.97 Å². The standard InChI is InChI=1S/C14H10N2OS2/c1-9(17)13-12(11-3-2-8-18-11)16-14(19-13)10-4-6-15-7-5-10/h2-8H,1H3. The van der Waals surface area contributed by atoms with Crippen LogP contribution in [-0.2, 0) is 0 Å². The lowest BCUT2D eigenvalue weighted by molar-refractivity contribution is 0.102. The van der Waals surface area contributed by atoms with Gasteiger partial charge in [-0.1, -0.05) is 6.07 Å². The molecule has 0 atom stereocenters. The van der Waals surface area contributed by atoms with Crippen LogP contribution in [0.15, 0.2) is 42.0 Å². The normalized spacial score (nSPS) is 10.6. The van der Waals surface area contributed by atoms with Gasteiger partial charge in [0.15, 0.2) is 5.78 Å². The van der Waals surface area contributed by atoms with Crippen LogP contribution in [0.3, 0.4) is 0 Å². The topological polar surface area (TPSA) is 42.9 Å². The van der Waals surface area contributed by atoms with E-state index in [0.29, 0.717) is 4.88 Å². The molecule has 3 aromatic heterocycles. The van der Waals surface area contributed by atoms with Gasteiger partial charge in [0, 0.05) is 24.9 Å². The van der Waals surface area contributed by atoms with Gasteiger partial charge in [-0.15, -0.1) is 22.7 Å². The van der Waals surface area contributed by atoms with E-state index in [1.54, 1.807) is 30.7 Å². The van der Waals surface area contributed by atoms with Crippen LogP contribution in [-0.4, -0.2) is 15.8 Å². The first-order chi connectivity index (χ1) is 9.25. The SMILES string of the molecule is CC(=O)c1sc(-c2ccncc2)nc1-c1cccs1. The first kappa shape index (κ1) is 12.2. The molecular weight excluding hydrogens is 276 g/mol. The molecule has 3 rings (SSSR count). The number of nitrogens with zero attached hydrogens (tertiary/aromatic N) is 2. The fraction of sp³-hybridized carbons (Fsp3) is 0.0714. The minimum atomic E-state index is 0.0567. The largest absolute Gasteiger partial charge is 0.294 e. The quantitative estimate of drug-likeness (QED) is 0.680. The van der Waals surface area contributed by atoms with E-state index in [9.17, 15) is 4.79 Å². The predicted octanol–water partition coefficient (Wildman–Crippen LogP) is 4.14. The summed E-state index contributed by atoms with van der Waals surface area (Å²) >= 11 is 3.03. The van der Waals surface area contributed by atoms with Gasteiger partial charge < -0.3 is 0 Å². The summed E-state index contributed by atoms with van der Waals surface area (Å²) in [6, 6.07) is 7.76. The Balaban J connectivity index is 2.15. The molecule has 3 heterocycles. The van der Waals surface area contributed by atoms with Crippen LogP contribution in [0.5, 0.6) is 0 Å². The highest BCUT2D eigenvalue weighted by molar-refractivity contribution is 7.18. The van der Waals surface area contributed by atoms with Crippen molar-refractivity contribution >= 4 is 28.5 Å². The van der Waals surface area contributed by atoms with E-state index in [0.717, 1.165) is 21.1 Å². The molecule has 0 amide bonds. The Bertz CT molecular complexity index is 702. The van der Waals surface area contributed by atoms with Gasteiger partial charge in [0.05, 0.1) is 9.75 Å². The number of carbonyl (C=O) groups excluding carboxylic acids is 1. The molecule has 3 aromatic rings. The molecule has 0 N–H and O–H groups in total. The summed E-state index contributed by atoms with van der Waals surface area (Å²) in [7, 11) is 0. The number of Topliss-reactive ketones (excluding diaryl/α,β-unsaturated/α-hetero) is 1. The van der Waals surface area contributed by atoms with Crippen molar-refractivity contribution in [3.8, 4) is 21.1 Å². The molecule has 0 radical (unpaired) electrons. The Morgan fingerprint density at radius 3 is 2.63 bits per heavy atom. The lowest BCUT2D eigenvalue weighted by Crippen LogP contribution is -1.89. The van der Waals surface area contributed by atoms with E-state index in [1.165, 1.54) is 11.3 Å². The van der Waals surface area contributed by atoms with Crippen LogP contribution < -0.4 is 0 Å². The van der Waals surface area contributed by atoms with Gasteiger partial charge in [-0.25, -0.2) is 4.98 Å². The highest BCUT2D eigenvalue weighted by Crippen LogP contribution is 2.35. The van der Waals surface area contributed by atoms with Crippen molar-refractivity contribution < 1.29 is 4.79 Å². The van der Waals surface area contributed by atoms with Crippen LogP contribution in [0.25, 0.3) is 21.1 Å². The van der Waals surface area contributed by atoms with Crippen molar-refractivity contribution in [1.29, 1.82) is 0 Å². The maximum Gasteiger partial charge on any atom is 0.172 e. The molecule has 0 unspecified atom stereocenters. The van der Waals surface area contributed by atoms with Crippen LogP contribution in [0.2, 0.25) is 0 Å². The van der Waals surface area contributed by atoms with Gasteiger partial charge in [-0.05, 0) is 23.6 Å². The van der Waals surface area contributed by atoms with E-state index in [4.69, 9.17) is 0 Å². The summed E-state index contributed by atoms with van der Waals surface area (Å²) in [5.74, 6) is 0.0567. The van der Waals surface area contributed by atoms with Crippen LogP contribution in [0.4, 0.5) is 0 Å². The lowest BCUT2D eigenvalue weighted by atomic mass is 10.2. The molecule has 0 aliphatic carbocycles. The minimum Gasteiger partial charge on any atom is -0.294 e. The second-order valence-corrected chi connectivity index (χ2v) is 5.91. The monoisotopic (exact) mass is 286 g/mol. The summed E-state index contributed by atoms with van der Waals surface area (Å²) in [6.07, 6.45) is 3.46. The average Bonchev–Trinajstić information content (AvgIpc) is 3.08. The summed E-state index contributed by atoms with van der Waals surface area (Å²) in [5.41, 5.74) is 1.78. The Labute approximate surface area is 118 Å². The van der Waals surface area contributed by atoms with E-state index < -0.39 is 0 Å². The molecule has 0 fully saturated rings. The van der Waals surface area contributed by atoms with Crippen LogP contribution in [0.1, 0.15) is 16.6 Å². The van der Waals surface area contributed by atoms with E-state index >= 15 is 0 Å². The van der Waals surface area contributed by atoms with Gasteiger partial charge >= 0.3 is 0 Å². The van der Waals surface area contributed by atoms with E-state index in [-0.39, 0.29) is 5.78 Å². The first-order valence-electron chi connectivity index (χ1n) is 5.72. The van der Waals surface area contributed by atoms with Gasteiger partial charge in [0.25, 0.3) is 0 Å². The van der Waals surface area contributed by atoms with Crippen LogP contribution in [0, 0.1) is 0 Å². The highest BCUT2D eigenvalue weighted by Gasteiger charge is 2.17. The number of carbonyl (C=O) groups is 1. The van der Waals surface area contributed by atoms with Gasteiger partial charge in [-0.2, -0.15) is 0 Å². The Kier molecular flexibility index (Phi) is 3.23. The second-order valence-electron chi connectivity index (χ2n) is 3.97. The number of ketones is 1. The molecule has 0 saturated carbocycles. The van der Waals surface area contributed by atoms with Crippen molar-refractivity contribution in [2.24, 2.45) is 0 Å². The summed E-state index contributed by atoms with van der Waals surface area (Å²) in [4.78, 5) is 22.1. The Hall–Kier alpha value is -1.85. The van der Waals surface area contributed by atoms with Crippen molar-refractivity contribution in [3.05, 3.63) is 46.9 Å².